The van der Waals surface area contributed by atoms with Gasteiger partial charge in [-0.1, -0.05) is 30.3 Å². The van der Waals surface area contributed by atoms with E-state index in [0.717, 1.165) is 5.56 Å². The number of aliphatic carboxylic acids is 2. The fourth-order valence-electron chi connectivity index (χ4n) is 2.75. The Morgan fingerprint density at radius 2 is 1.62 bits per heavy atom. The lowest BCUT2D eigenvalue weighted by Gasteiger charge is -2.28. The average Bonchev–Trinajstić information content (AvgIpc) is 3.09. The van der Waals surface area contributed by atoms with E-state index in [0.29, 0.717) is 12.1 Å². The summed E-state index contributed by atoms with van der Waals surface area (Å²) in [5, 5.41) is 22.8. The molecule has 0 aliphatic carbocycles. The van der Waals surface area contributed by atoms with Crippen LogP contribution in [0.3, 0.4) is 0 Å². The second kappa shape index (κ2) is 6.72. The maximum atomic E-state index is 11.7. The number of rotatable bonds is 5. The lowest BCUT2D eigenvalue weighted by Crippen LogP contribution is -2.27. The third-order valence-corrected chi connectivity index (χ3v) is 4.51. The van der Waals surface area contributed by atoms with Gasteiger partial charge in [-0.15, -0.1) is 0 Å². The molecule has 0 saturated heterocycles. The number of carboxylic acid groups (broad SMARTS) is 2. The van der Waals surface area contributed by atoms with Gasteiger partial charge >= 0.3 is 11.9 Å². The Hall–Kier alpha value is -2.86. The molecule has 2 aromatic rings. The van der Waals surface area contributed by atoms with Crippen LogP contribution in [-0.4, -0.2) is 27.1 Å². The van der Waals surface area contributed by atoms with E-state index in [2.05, 4.69) is 0 Å². The fraction of sp³-hybridized carbons (Fsp3) is 0.111. The van der Waals surface area contributed by atoms with Crippen molar-refractivity contribution in [2.24, 2.45) is 0 Å². The number of hydrogen-bond donors (Lipinski definition) is 2. The molecule has 0 fully saturated rings. The van der Waals surface area contributed by atoms with Gasteiger partial charge in [0.05, 0.1) is 17.1 Å². The minimum absolute atomic E-state index is 0.0595. The van der Waals surface area contributed by atoms with Crippen molar-refractivity contribution in [3.63, 3.8) is 0 Å². The van der Waals surface area contributed by atoms with Crippen molar-refractivity contribution in [2.45, 2.75) is 12.5 Å². The van der Waals surface area contributed by atoms with Gasteiger partial charge in [0, 0.05) is 18.9 Å². The highest BCUT2D eigenvalue weighted by Gasteiger charge is 2.34. The molecule has 1 aliphatic heterocycles. The van der Waals surface area contributed by atoms with Gasteiger partial charge in [-0.05, 0) is 28.0 Å². The normalized spacial score (nSPS) is 14.9. The summed E-state index contributed by atoms with van der Waals surface area (Å²) in [7, 11) is 0. The van der Waals surface area contributed by atoms with Crippen LogP contribution in [0.4, 0.5) is 0 Å². The van der Waals surface area contributed by atoms with Crippen LogP contribution in [0.1, 0.15) is 17.0 Å². The van der Waals surface area contributed by atoms with Crippen LogP contribution in [0.5, 0.6) is 0 Å². The molecule has 2 N–H and O–H groups in total. The topological polar surface area (TPSA) is 77.8 Å². The van der Waals surface area contributed by atoms with E-state index in [1.165, 1.54) is 23.7 Å². The molecular formula is C18H15NO4S. The van der Waals surface area contributed by atoms with Crippen molar-refractivity contribution < 1.29 is 19.8 Å². The smallest absolute Gasteiger partial charge is 0.334 e. The minimum atomic E-state index is -1.11. The summed E-state index contributed by atoms with van der Waals surface area (Å²) in [6, 6.07) is 11.2. The molecule has 0 spiro atoms. The maximum absolute atomic E-state index is 11.7. The zero-order valence-corrected chi connectivity index (χ0v) is 13.4. The summed E-state index contributed by atoms with van der Waals surface area (Å²) < 4.78 is 0. The third kappa shape index (κ3) is 3.23. The molecule has 5 nitrogen and oxygen atoms in total. The number of benzene rings is 1. The Balaban J connectivity index is 2.01. The number of nitrogens with zero attached hydrogens (tertiary/aromatic N) is 1. The van der Waals surface area contributed by atoms with Crippen molar-refractivity contribution in [2.75, 3.05) is 0 Å². The lowest BCUT2D eigenvalue weighted by atomic mass is 9.85. The van der Waals surface area contributed by atoms with Crippen molar-refractivity contribution in [3.05, 3.63) is 81.8 Å². The zero-order chi connectivity index (χ0) is 17.1. The van der Waals surface area contributed by atoms with E-state index >= 15 is 0 Å². The molecule has 6 heteroatoms. The van der Waals surface area contributed by atoms with E-state index in [9.17, 15) is 19.8 Å². The van der Waals surface area contributed by atoms with Crippen molar-refractivity contribution in [1.82, 2.24) is 4.90 Å². The molecule has 3 rings (SSSR count). The molecule has 0 atom stereocenters. The lowest BCUT2D eigenvalue weighted by molar-refractivity contribution is -0.133. The van der Waals surface area contributed by atoms with Crippen LogP contribution in [0.15, 0.2) is 70.7 Å². The first-order chi connectivity index (χ1) is 11.6. The van der Waals surface area contributed by atoms with Gasteiger partial charge in [-0.2, -0.15) is 11.3 Å². The highest BCUT2D eigenvalue weighted by atomic mass is 32.1. The first kappa shape index (κ1) is 16.0. The summed E-state index contributed by atoms with van der Waals surface area (Å²) in [5.74, 6) is -2.99. The quantitative estimate of drug-likeness (QED) is 0.872. The second-order valence-electron chi connectivity index (χ2n) is 5.43. The molecule has 122 valence electrons. The summed E-state index contributed by atoms with van der Waals surface area (Å²) in [4.78, 5) is 25.0. The maximum Gasteiger partial charge on any atom is 0.334 e. The standard InChI is InChI=1S/C18H15NO4S/c20-17(21)14-9-19(8-12-4-2-1-3-5-12)10-15(18(22)23)16(14)13-6-7-24-11-13/h1-7,9-11,16H,8H2,(H,20,21)(H,22,23). The summed E-state index contributed by atoms with van der Waals surface area (Å²) >= 11 is 1.41. The molecule has 0 bridgehead atoms. The van der Waals surface area contributed by atoms with E-state index in [-0.39, 0.29) is 11.1 Å². The molecule has 0 amide bonds. The Bertz CT molecular complexity index is 777. The monoisotopic (exact) mass is 341 g/mol. The Morgan fingerprint density at radius 3 is 2.12 bits per heavy atom. The van der Waals surface area contributed by atoms with Crippen LogP contribution in [0, 0.1) is 0 Å². The molecule has 0 unspecified atom stereocenters. The van der Waals surface area contributed by atoms with Gasteiger partial charge in [-0.25, -0.2) is 9.59 Å². The average molecular weight is 341 g/mol. The molecular weight excluding hydrogens is 326 g/mol. The van der Waals surface area contributed by atoms with Crippen LogP contribution < -0.4 is 0 Å². The van der Waals surface area contributed by atoms with Gasteiger partial charge in [0.15, 0.2) is 0 Å². The van der Waals surface area contributed by atoms with Gasteiger partial charge in [-0.3, -0.25) is 0 Å². The molecule has 24 heavy (non-hydrogen) atoms. The predicted octanol–water partition coefficient (Wildman–Crippen LogP) is 3.28. The summed E-state index contributed by atoms with van der Waals surface area (Å²) in [6.45, 7) is 0.407. The highest BCUT2D eigenvalue weighted by Crippen LogP contribution is 2.37. The Labute approximate surface area is 142 Å². The highest BCUT2D eigenvalue weighted by molar-refractivity contribution is 7.08. The number of hydrogen-bond acceptors (Lipinski definition) is 4. The Kier molecular flexibility index (Phi) is 4.48. The fourth-order valence-corrected chi connectivity index (χ4v) is 3.44. The summed E-state index contributed by atoms with van der Waals surface area (Å²) in [5.41, 5.74) is 1.77. The van der Waals surface area contributed by atoms with Crippen molar-refractivity contribution in [1.29, 1.82) is 0 Å². The SMILES string of the molecule is O=C(O)C1=CN(Cc2ccccc2)C=C(C(=O)O)C1c1ccsc1. The van der Waals surface area contributed by atoms with Crippen molar-refractivity contribution in [3.8, 4) is 0 Å². The molecule has 1 aromatic carbocycles. The summed E-state index contributed by atoms with van der Waals surface area (Å²) in [6.07, 6.45) is 3.04. The number of carbonyl (C=O) groups is 2. The van der Waals surface area contributed by atoms with E-state index in [4.69, 9.17) is 0 Å². The van der Waals surface area contributed by atoms with E-state index in [1.54, 1.807) is 16.3 Å². The van der Waals surface area contributed by atoms with Gasteiger partial charge in [0.2, 0.25) is 0 Å². The Morgan fingerprint density at radius 1 is 1.00 bits per heavy atom. The van der Waals surface area contributed by atoms with Crippen LogP contribution in [-0.2, 0) is 16.1 Å². The largest absolute Gasteiger partial charge is 0.478 e. The number of thiophene rings is 1. The van der Waals surface area contributed by atoms with Crippen LogP contribution in [0.2, 0.25) is 0 Å². The third-order valence-electron chi connectivity index (χ3n) is 3.81. The predicted molar refractivity (Wildman–Crippen MR) is 90.5 cm³/mol. The first-order valence-corrected chi connectivity index (χ1v) is 8.22. The van der Waals surface area contributed by atoms with Crippen molar-refractivity contribution >= 4 is 23.3 Å². The molecule has 1 aromatic heterocycles. The first-order valence-electron chi connectivity index (χ1n) is 7.28. The second-order valence-corrected chi connectivity index (χ2v) is 6.21. The van der Waals surface area contributed by atoms with Gasteiger partial charge < -0.3 is 15.1 Å². The minimum Gasteiger partial charge on any atom is -0.478 e. The molecule has 2 heterocycles. The number of carboxylic acids is 2. The zero-order valence-electron chi connectivity index (χ0n) is 12.6. The van der Waals surface area contributed by atoms with E-state index in [1.807, 2.05) is 35.7 Å². The molecule has 1 aliphatic rings. The molecule has 0 saturated carbocycles. The van der Waals surface area contributed by atoms with Gasteiger partial charge in [0.1, 0.15) is 0 Å². The van der Waals surface area contributed by atoms with Gasteiger partial charge in [0.25, 0.3) is 0 Å². The van der Waals surface area contributed by atoms with Crippen LogP contribution >= 0.6 is 11.3 Å². The van der Waals surface area contributed by atoms with E-state index < -0.39 is 17.9 Å². The van der Waals surface area contributed by atoms with Crippen LogP contribution in [0.25, 0.3) is 0 Å². The molecule has 0 radical (unpaired) electrons.